The van der Waals surface area contributed by atoms with Crippen molar-refractivity contribution in [2.45, 2.75) is 0 Å². The lowest BCUT2D eigenvalue weighted by Crippen LogP contribution is -2.24. The van der Waals surface area contributed by atoms with Crippen molar-refractivity contribution < 1.29 is 0 Å². The van der Waals surface area contributed by atoms with Gasteiger partial charge in [-0.3, -0.25) is 0 Å². The van der Waals surface area contributed by atoms with E-state index in [4.69, 9.17) is 0 Å². The van der Waals surface area contributed by atoms with Gasteiger partial charge in [-0.05, 0) is 45.1 Å². The fraction of sp³-hybridized carbons (Fsp3) is 0.182. The molecular weight excluding hydrogens is 404 g/mol. The number of aromatic nitrogens is 8. The van der Waals surface area contributed by atoms with E-state index in [9.17, 15) is 0 Å². The van der Waals surface area contributed by atoms with Crippen molar-refractivity contribution in [3.63, 3.8) is 0 Å². The summed E-state index contributed by atoms with van der Waals surface area (Å²) in [6, 6.07) is 19.6. The molecule has 32 heavy (non-hydrogen) atoms. The van der Waals surface area contributed by atoms with Crippen LogP contribution in [0.2, 0.25) is 0 Å². The first-order valence-corrected chi connectivity index (χ1v) is 10.2. The minimum atomic E-state index is 0.670. The molecule has 0 atom stereocenters. The summed E-state index contributed by atoms with van der Waals surface area (Å²) in [6.45, 7) is 1.63. The van der Waals surface area contributed by atoms with Gasteiger partial charge in [0.1, 0.15) is 0 Å². The quantitative estimate of drug-likeness (QED) is 0.400. The Morgan fingerprint density at radius 1 is 0.656 bits per heavy atom. The lowest BCUT2D eigenvalue weighted by molar-refractivity contribution is 0.367. The third kappa shape index (κ3) is 5.22. The van der Waals surface area contributed by atoms with Gasteiger partial charge in [0, 0.05) is 51.7 Å². The van der Waals surface area contributed by atoms with Gasteiger partial charge in [-0.1, -0.05) is 36.4 Å². The molecule has 0 radical (unpaired) electrons. The second-order valence-electron chi connectivity index (χ2n) is 7.16. The standard InChI is InChI=1S/C22H24N10/c1-29(15-13-21-23-25-27-31(21)19-9-5-3-6-10-19)17-18-30(2)16-14-22-24-26-28-32(22)20-11-7-4-8-12-20/h3-16H,17-18H2,1-2H3/b15-13+,16-14+. The van der Waals surface area contributed by atoms with Gasteiger partial charge in [-0.2, -0.15) is 9.36 Å². The predicted molar refractivity (Wildman–Crippen MR) is 122 cm³/mol. The summed E-state index contributed by atoms with van der Waals surface area (Å²) in [5.41, 5.74) is 1.84. The number of nitrogens with zero attached hydrogens (tertiary/aromatic N) is 10. The Bertz CT molecular complexity index is 1070. The maximum atomic E-state index is 4.10. The molecule has 0 aliphatic carbocycles. The molecule has 0 aliphatic heterocycles. The number of likely N-dealkylation sites (N-methyl/N-ethyl adjacent to an activating group) is 2. The number of hydrogen-bond donors (Lipinski definition) is 0. The SMILES string of the molecule is CN(/C=C/c1nnnn1-c1ccccc1)CCN(C)/C=C/c1nnnn1-c1ccccc1. The highest BCUT2D eigenvalue weighted by Gasteiger charge is 2.06. The first kappa shape index (κ1) is 20.9. The highest BCUT2D eigenvalue weighted by atomic mass is 15.5. The first-order chi connectivity index (χ1) is 15.7. The topological polar surface area (TPSA) is 93.7 Å². The van der Waals surface area contributed by atoms with Gasteiger partial charge in [-0.15, -0.1) is 10.2 Å². The zero-order chi connectivity index (χ0) is 22.2. The van der Waals surface area contributed by atoms with Crippen molar-refractivity contribution in [3.8, 4) is 11.4 Å². The Morgan fingerprint density at radius 3 is 1.47 bits per heavy atom. The van der Waals surface area contributed by atoms with Gasteiger partial charge in [0.15, 0.2) is 11.6 Å². The van der Waals surface area contributed by atoms with Gasteiger partial charge in [0.05, 0.1) is 11.4 Å². The Morgan fingerprint density at radius 2 is 1.06 bits per heavy atom. The monoisotopic (exact) mass is 428 g/mol. The van der Waals surface area contributed by atoms with E-state index < -0.39 is 0 Å². The van der Waals surface area contributed by atoms with Crippen LogP contribution in [0.4, 0.5) is 0 Å². The van der Waals surface area contributed by atoms with E-state index in [0.717, 1.165) is 24.5 Å². The minimum Gasteiger partial charge on any atom is -0.379 e. The molecule has 0 saturated carbocycles. The maximum Gasteiger partial charge on any atom is 0.181 e. The molecule has 4 aromatic rings. The van der Waals surface area contributed by atoms with Gasteiger partial charge in [0.25, 0.3) is 0 Å². The second-order valence-corrected chi connectivity index (χ2v) is 7.16. The molecule has 162 valence electrons. The number of rotatable bonds is 9. The van der Waals surface area contributed by atoms with Crippen LogP contribution in [-0.4, -0.2) is 77.4 Å². The Kier molecular flexibility index (Phi) is 6.61. The fourth-order valence-electron chi connectivity index (χ4n) is 2.95. The molecule has 0 unspecified atom stereocenters. The van der Waals surface area contributed by atoms with E-state index in [-0.39, 0.29) is 0 Å². The van der Waals surface area contributed by atoms with Crippen molar-refractivity contribution in [3.05, 3.63) is 84.7 Å². The highest BCUT2D eigenvalue weighted by Crippen LogP contribution is 2.09. The van der Waals surface area contributed by atoms with Crippen LogP contribution < -0.4 is 0 Å². The summed E-state index contributed by atoms with van der Waals surface area (Å²) < 4.78 is 3.41. The number of tetrazole rings is 2. The highest BCUT2D eigenvalue weighted by molar-refractivity contribution is 5.44. The van der Waals surface area contributed by atoms with Crippen molar-refractivity contribution in [1.29, 1.82) is 0 Å². The van der Waals surface area contributed by atoms with Crippen LogP contribution in [0.1, 0.15) is 11.6 Å². The Balaban J connectivity index is 1.31. The van der Waals surface area contributed by atoms with E-state index in [0.29, 0.717) is 11.6 Å². The lowest BCUT2D eigenvalue weighted by Gasteiger charge is -2.19. The van der Waals surface area contributed by atoms with Crippen molar-refractivity contribution in [2.24, 2.45) is 0 Å². The van der Waals surface area contributed by atoms with Gasteiger partial charge < -0.3 is 9.80 Å². The van der Waals surface area contributed by atoms with Crippen LogP contribution in [-0.2, 0) is 0 Å². The summed E-state index contributed by atoms with van der Waals surface area (Å²) in [5, 5.41) is 23.9. The van der Waals surface area contributed by atoms with Crippen LogP contribution in [0.3, 0.4) is 0 Å². The molecule has 0 bridgehead atoms. The molecule has 0 amide bonds. The van der Waals surface area contributed by atoms with Gasteiger partial charge >= 0.3 is 0 Å². The van der Waals surface area contributed by atoms with E-state index >= 15 is 0 Å². The summed E-state index contributed by atoms with van der Waals surface area (Å²) in [4.78, 5) is 4.17. The molecule has 2 heterocycles. The molecule has 0 N–H and O–H groups in total. The van der Waals surface area contributed by atoms with Crippen molar-refractivity contribution in [2.75, 3.05) is 27.2 Å². The van der Waals surface area contributed by atoms with Crippen molar-refractivity contribution >= 4 is 12.2 Å². The second kappa shape index (κ2) is 10.1. The average Bonchev–Trinajstić information content (AvgIpc) is 3.50. The van der Waals surface area contributed by atoms with E-state index in [1.165, 1.54) is 0 Å². The molecular formula is C22H24N10. The predicted octanol–water partition coefficient (Wildman–Crippen LogP) is 2.14. The smallest absolute Gasteiger partial charge is 0.181 e. The minimum absolute atomic E-state index is 0.670. The largest absolute Gasteiger partial charge is 0.379 e. The van der Waals surface area contributed by atoms with E-state index in [1.54, 1.807) is 9.36 Å². The third-order valence-electron chi connectivity index (χ3n) is 4.75. The molecule has 0 saturated heterocycles. The molecule has 2 aromatic carbocycles. The third-order valence-corrected chi connectivity index (χ3v) is 4.75. The number of hydrogen-bond acceptors (Lipinski definition) is 8. The Labute approximate surface area is 186 Å². The summed E-state index contributed by atoms with van der Waals surface area (Å²) in [7, 11) is 4.03. The van der Waals surface area contributed by atoms with Crippen LogP contribution in [0.5, 0.6) is 0 Å². The van der Waals surface area contributed by atoms with Crippen LogP contribution in [0, 0.1) is 0 Å². The van der Waals surface area contributed by atoms with Crippen LogP contribution in [0.15, 0.2) is 73.1 Å². The molecule has 4 rings (SSSR count). The summed E-state index contributed by atoms with van der Waals surface area (Å²) >= 11 is 0. The normalized spacial score (nSPS) is 11.4. The molecule has 10 nitrogen and oxygen atoms in total. The molecule has 2 aromatic heterocycles. The van der Waals surface area contributed by atoms with Crippen LogP contribution >= 0.6 is 0 Å². The van der Waals surface area contributed by atoms with Gasteiger partial charge in [0.2, 0.25) is 0 Å². The molecule has 10 heteroatoms. The fourth-order valence-corrected chi connectivity index (χ4v) is 2.95. The maximum absolute atomic E-state index is 4.10. The molecule has 0 spiro atoms. The zero-order valence-corrected chi connectivity index (χ0v) is 18.0. The molecule has 0 aliphatic rings. The van der Waals surface area contributed by atoms with E-state index in [2.05, 4.69) is 40.9 Å². The number of benzene rings is 2. The molecule has 0 fully saturated rings. The summed E-state index contributed by atoms with van der Waals surface area (Å²) in [5.74, 6) is 1.34. The zero-order valence-electron chi connectivity index (χ0n) is 18.0. The number of para-hydroxylation sites is 2. The van der Waals surface area contributed by atoms with Gasteiger partial charge in [-0.25, -0.2) is 0 Å². The average molecular weight is 429 g/mol. The van der Waals surface area contributed by atoms with E-state index in [1.807, 2.05) is 99.3 Å². The Hall–Kier alpha value is -4.34. The van der Waals surface area contributed by atoms with Crippen LogP contribution in [0.25, 0.3) is 23.5 Å². The summed E-state index contributed by atoms with van der Waals surface area (Å²) in [6.07, 6.45) is 7.74. The van der Waals surface area contributed by atoms with Crippen molar-refractivity contribution in [1.82, 2.24) is 50.2 Å². The first-order valence-electron chi connectivity index (χ1n) is 10.2. The lowest BCUT2D eigenvalue weighted by atomic mass is 10.3.